The molecule has 2 N–H and O–H groups in total. The molecule has 0 saturated carbocycles. The lowest BCUT2D eigenvalue weighted by atomic mass is 10.2. The molecule has 0 heterocycles. The molecule has 0 saturated heterocycles. The summed E-state index contributed by atoms with van der Waals surface area (Å²) in [5.74, 6) is -0.483. The molecular formula is C24H23BrClN3O5S. The number of para-hydroxylation sites is 1. The van der Waals surface area contributed by atoms with Gasteiger partial charge in [-0.1, -0.05) is 45.7 Å². The van der Waals surface area contributed by atoms with Crippen molar-refractivity contribution in [2.24, 2.45) is 5.10 Å². The smallest absolute Gasteiger partial charge is 0.255 e. The third-order valence-corrected chi connectivity index (χ3v) is 7.35. The van der Waals surface area contributed by atoms with Crippen molar-refractivity contribution in [2.45, 2.75) is 18.4 Å². The first kappa shape index (κ1) is 26.7. The van der Waals surface area contributed by atoms with Crippen molar-refractivity contribution in [1.82, 2.24) is 9.73 Å². The molecule has 1 amide bonds. The van der Waals surface area contributed by atoms with Crippen LogP contribution in [0.4, 0.5) is 0 Å². The second-order valence-electron chi connectivity index (χ2n) is 7.27. The molecule has 0 fully saturated rings. The number of nitrogens with one attached hydrogen (secondary N) is 1. The lowest BCUT2D eigenvalue weighted by molar-refractivity contribution is -0.121. The van der Waals surface area contributed by atoms with Gasteiger partial charge in [0.15, 0.2) is 11.5 Å². The monoisotopic (exact) mass is 579 g/mol. The molecule has 0 atom stereocenters. The lowest BCUT2D eigenvalue weighted by Gasteiger charge is -2.21. The Labute approximate surface area is 217 Å². The number of aromatic hydroxyl groups is 1. The fourth-order valence-electron chi connectivity index (χ4n) is 3.06. The number of phenolic OH excluding ortho intramolecular Hbond substituents is 1. The fraction of sp³-hybridized carbons (Fsp3) is 0.167. The molecule has 0 aromatic heterocycles. The van der Waals surface area contributed by atoms with Gasteiger partial charge in [0.1, 0.15) is 0 Å². The standard InChI is InChI=1S/C24H23BrClN3O5S/c1-2-34-22-5-3-4-18(24(22)31)14-27-28-23(30)16-29(15-17-6-10-20(26)11-7-17)35(32,33)21-12-8-19(25)9-13-21/h3-14,31H,2,15-16H2,1H3,(H,28,30)/b27-14-. The van der Waals surface area contributed by atoms with Crippen LogP contribution < -0.4 is 10.2 Å². The highest BCUT2D eigenvalue weighted by molar-refractivity contribution is 9.10. The Morgan fingerprint density at radius 2 is 1.83 bits per heavy atom. The van der Waals surface area contributed by atoms with E-state index in [0.29, 0.717) is 22.8 Å². The summed E-state index contributed by atoms with van der Waals surface area (Å²) in [6.45, 7) is 1.63. The van der Waals surface area contributed by atoms with Crippen LogP contribution in [0.5, 0.6) is 11.5 Å². The SMILES string of the molecule is CCOc1cccc(/C=N\NC(=O)CN(Cc2ccc(Cl)cc2)S(=O)(=O)c2ccc(Br)cc2)c1O. The van der Waals surface area contributed by atoms with Crippen LogP contribution in [0.1, 0.15) is 18.1 Å². The van der Waals surface area contributed by atoms with E-state index in [9.17, 15) is 18.3 Å². The first-order valence-electron chi connectivity index (χ1n) is 10.5. The van der Waals surface area contributed by atoms with E-state index >= 15 is 0 Å². The zero-order valence-electron chi connectivity index (χ0n) is 18.7. The molecule has 11 heteroatoms. The van der Waals surface area contributed by atoms with Crippen LogP contribution in [-0.4, -0.2) is 43.1 Å². The number of hydrogen-bond donors (Lipinski definition) is 2. The number of rotatable bonds is 10. The highest BCUT2D eigenvalue weighted by Crippen LogP contribution is 2.28. The molecule has 0 bridgehead atoms. The number of carbonyl (C=O) groups is 1. The van der Waals surface area contributed by atoms with Crippen molar-refractivity contribution in [3.05, 3.63) is 87.4 Å². The molecule has 35 heavy (non-hydrogen) atoms. The molecule has 0 unspecified atom stereocenters. The van der Waals surface area contributed by atoms with Gasteiger partial charge < -0.3 is 9.84 Å². The number of hydrazone groups is 1. The zero-order valence-corrected chi connectivity index (χ0v) is 21.8. The number of nitrogens with zero attached hydrogens (tertiary/aromatic N) is 2. The summed E-state index contributed by atoms with van der Waals surface area (Å²) in [6, 6.07) is 17.7. The van der Waals surface area contributed by atoms with Gasteiger partial charge in [0, 0.05) is 21.6 Å². The quantitative estimate of drug-likeness (QED) is 0.270. The molecular weight excluding hydrogens is 558 g/mol. The van der Waals surface area contributed by atoms with Crippen LogP contribution >= 0.6 is 27.5 Å². The molecule has 0 aliphatic carbocycles. The van der Waals surface area contributed by atoms with Crippen molar-refractivity contribution in [3.63, 3.8) is 0 Å². The Balaban J connectivity index is 1.78. The predicted molar refractivity (Wildman–Crippen MR) is 138 cm³/mol. The van der Waals surface area contributed by atoms with Gasteiger partial charge >= 0.3 is 0 Å². The van der Waals surface area contributed by atoms with Gasteiger partial charge in [-0.25, -0.2) is 13.8 Å². The second kappa shape index (κ2) is 12.2. The molecule has 0 spiro atoms. The van der Waals surface area contributed by atoms with Crippen LogP contribution in [0.3, 0.4) is 0 Å². The topological polar surface area (TPSA) is 108 Å². The normalized spacial score (nSPS) is 11.7. The van der Waals surface area contributed by atoms with E-state index in [1.165, 1.54) is 18.3 Å². The first-order chi connectivity index (χ1) is 16.7. The van der Waals surface area contributed by atoms with Crippen molar-refractivity contribution in [1.29, 1.82) is 0 Å². The molecule has 0 aliphatic heterocycles. The average Bonchev–Trinajstić information content (AvgIpc) is 2.83. The van der Waals surface area contributed by atoms with Gasteiger partial charge in [-0.15, -0.1) is 0 Å². The average molecular weight is 581 g/mol. The number of sulfonamides is 1. The van der Waals surface area contributed by atoms with Crippen molar-refractivity contribution in [2.75, 3.05) is 13.2 Å². The van der Waals surface area contributed by atoms with Crippen LogP contribution in [-0.2, 0) is 21.4 Å². The molecule has 8 nitrogen and oxygen atoms in total. The first-order valence-corrected chi connectivity index (χ1v) is 13.1. The summed E-state index contributed by atoms with van der Waals surface area (Å²) >= 11 is 9.23. The van der Waals surface area contributed by atoms with Crippen LogP contribution in [0, 0.1) is 0 Å². The van der Waals surface area contributed by atoms with Gasteiger partial charge in [0.25, 0.3) is 5.91 Å². The van der Waals surface area contributed by atoms with Gasteiger partial charge in [0.2, 0.25) is 10.0 Å². The number of carbonyl (C=O) groups excluding carboxylic acids is 1. The molecule has 3 rings (SSSR count). The third-order valence-electron chi connectivity index (χ3n) is 4.77. The maximum Gasteiger partial charge on any atom is 0.255 e. The number of amides is 1. The Kier molecular flexibility index (Phi) is 9.27. The summed E-state index contributed by atoms with van der Waals surface area (Å²) in [6.07, 6.45) is 1.25. The highest BCUT2D eigenvalue weighted by Gasteiger charge is 2.27. The summed E-state index contributed by atoms with van der Waals surface area (Å²) in [5.41, 5.74) is 3.30. The van der Waals surface area contributed by atoms with Crippen LogP contribution in [0.2, 0.25) is 5.02 Å². The Morgan fingerprint density at radius 1 is 1.14 bits per heavy atom. The molecule has 0 radical (unpaired) electrons. The zero-order chi connectivity index (χ0) is 25.4. The van der Waals surface area contributed by atoms with Crippen LogP contribution in [0.15, 0.2) is 81.2 Å². The van der Waals surface area contributed by atoms with Crippen LogP contribution in [0.25, 0.3) is 0 Å². The van der Waals surface area contributed by atoms with E-state index in [2.05, 4.69) is 26.5 Å². The number of halogens is 2. The molecule has 3 aromatic rings. The van der Waals surface area contributed by atoms with E-state index in [1.54, 1.807) is 61.5 Å². The number of benzene rings is 3. The van der Waals surface area contributed by atoms with Gasteiger partial charge in [0.05, 0.1) is 24.3 Å². The number of hydrogen-bond acceptors (Lipinski definition) is 6. The summed E-state index contributed by atoms with van der Waals surface area (Å²) in [7, 11) is -4.01. The lowest BCUT2D eigenvalue weighted by Crippen LogP contribution is -2.39. The highest BCUT2D eigenvalue weighted by atomic mass is 79.9. The van der Waals surface area contributed by atoms with Crippen molar-refractivity contribution in [3.8, 4) is 11.5 Å². The fourth-order valence-corrected chi connectivity index (χ4v) is 4.83. The van der Waals surface area contributed by atoms with Gasteiger partial charge in [-0.3, -0.25) is 4.79 Å². The summed E-state index contributed by atoms with van der Waals surface area (Å²) in [5, 5.41) is 14.6. The largest absolute Gasteiger partial charge is 0.504 e. The third kappa shape index (κ3) is 7.28. The maximum absolute atomic E-state index is 13.3. The minimum Gasteiger partial charge on any atom is -0.504 e. The minimum atomic E-state index is -4.01. The molecule has 184 valence electrons. The van der Waals surface area contributed by atoms with E-state index in [0.717, 1.165) is 8.78 Å². The Hall–Kier alpha value is -2.92. The molecule has 3 aromatic carbocycles. The predicted octanol–water partition coefficient (Wildman–Crippen LogP) is 4.55. The number of ether oxygens (including phenoxy) is 1. The Morgan fingerprint density at radius 3 is 2.49 bits per heavy atom. The van der Waals surface area contributed by atoms with Gasteiger partial charge in [-0.05, 0) is 61.0 Å². The van der Waals surface area contributed by atoms with E-state index in [-0.39, 0.29) is 22.9 Å². The number of phenols is 1. The summed E-state index contributed by atoms with van der Waals surface area (Å²) in [4.78, 5) is 12.7. The molecule has 0 aliphatic rings. The minimum absolute atomic E-state index is 0.0450. The summed E-state index contributed by atoms with van der Waals surface area (Å²) < 4.78 is 33.7. The van der Waals surface area contributed by atoms with E-state index < -0.39 is 22.5 Å². The Bertz CT molecular complexity index is 1300. The van der Waals surface area contributed by atoms with Gasteiger partial charge in [-0.2, -0.15) is 9.41 Å². The second-order valence-corrected chi connectivity index (χ2v) is 10.6. The van der Waals surface area contributed by atoms with Crippen molar-refractivity contribution >= 4 is 49.7 Å². The van der Waals surface area contributed by atoms with Crippen molar-refractivity contribution < 1.29 is 23.1 Å². The maximum atomic E-state index is 13.3. The van der Waals surface area contributed by atoms with E-state index in [4.69, 9.17) is 16.3 Å². The van der Waals surface area contributed by atoms with E-state index in [1.807, 2.05) is 0 Å².